The number of furan rings is 1. The molecule has 1 aliphatic heterocycles. The highest BCUT2D eigenvalue weighted by molar-refractivity contribution is 7.91. The first-order valence-electron chi connectivity index (χ1n) is 7.03. The Morgan fingerprint density at radius 1 is 1.36 bits per heavy atom. The lowest BCUT2D eigenvalue weighted by molar-refractivity contribution is -0.141. The monoisotopic (exact) mass is 328 g/mol. The summed E-state index contributed by atoms with van der Waals surface area (Å²) in [6, 6.07) is 3.01. The molecule has 1 aromatic rings. The molecule has 22 heavy (non-hydrogen) atoms. The summed E-state index contributed by atoms with van der Waals surface area (Å²) < 4.78 is 27.9. The molecule has 122 valence electrons. The van der Waals surface area contributed by atoms with Crippen LogP contribution in [-0.4, -0.2) is 37.8 Å². The van der Waals surface area contributed by atoms with E-state index in [0.29, 0.717) is 12.2 Å². The van der Waals surface area contributed by atoms with E-state index < -0.39 is 33.1 Å². The SMILES string of the molecule is CC(C)(C(=O)NCc1ccco1)C(=O)NC1CCS(=O)(=O)C1. The summed E-state index contributed by atoms with van der Waals surface area (Å²) in [6.07, 6.45) is 1.89. The average molecular weight is 328 g/mol. The average Bonchev–Trinajstić information content (AvgIpc) is 3.05. The third kappa shape index (κ3) is 3.88. The summed E-state index contributed by atoms with van der Waals surface area (Å²) in [5.74, 6) is -0.327. The van der Waals surface area contributed by atoms with Crippen LogP contribution in [0.5, 0.6) is 0 Å². The number of rotatable bonds is 5. The summed E-state index contributed by atoms with van der Waals surface area (Å²) >= 11 is 0. The molecule has 7 nitrogen and oxygen atoms in total. The van der Waals surface area contributed by atoms with Crippen LogP contribution in [-0.2, 0) is 26.0 Å². The van der Waals surface area contributed by atoms with E-state index in [-0.39, 0.29) is 18.1 Å². The van der Waals surface area contributed by atoms with E-state index in [1.54, 1.807) is 12.1 Å². The standard InChI is InChI=1S/C14H20N2O5S/c1-14(2,12(17)15-8-11-4-3-6-21-11)13(18)16-10-5-7-22(19,20)9-10/h3-4,6,10H,5,7-9H2,1-2H3,(H,15,17)(H,16,18). The van der Waals surface area contributed by atoms with E-state index in [9.17, 15) is 18.0 Å². The highest BCUT2D eigenvalue weighted by Crippen LogP contribution is 2.19. The highest BCUT2D eigenvalue weighted by atomic mass is 32.2. The van der Waals surface area contributed by atoms with Crippen LogP contribution >= 0.6 is 0 Å². The largest absolute Gasteiger partial charge is 0.467 e. The Morgan fingerprint density at radius 2 is 2.09 bits per heavy atom. The molecule has 8 heteroatoms. The number of carbonyl (C=O) groups excluding carboxylic acids is 2. The summed E-state index contributed by atoms with van der Waals surface area (Å²) in [5, 5.41) is 5.28. The molecule has 0 bridgehead atoms. The fraction of sp³-hybridized carbons (Fsp3) is 0.571. The van der Waals surface area contributed by atoms with Gasteiger partial charge in [0, 0.05) is 6.04 Å². The van der Waals surface area contributed by atoms with Gasteiger partial charge in [0.2, 0.25) is 11.8 Å². The zero-order valence-electron chi connectivity index (χ0n) is 12.6. The number of sulfone groups is 1. The van der Waals surface area contributed by atoms with Crippen LogP contribution in [0.1, 0.15) is 26.0 Å². The minimum Gasteiger partial charge on any atom is -0.467 e. The van der Waals surface area contributed by atoms with Gasteiger partial charge < -0.3 is 15.1 Å². The molecule has 2 amide bonds. The molecule has 2 rings (SSSR count). The molecule has 2 heterocycles. The van der Waals surface area contributed by atoms with Gasteiger partial charge in [-0.25, -0.2) is 8.42 Å². The molecular weight excluding hydrogens is 308 g/mol. The summed E-state index contributed by atoms with van der Waals surface area (Å²) in [6.45, 7) is 3.20. The van der Waals surface area contributed by atoms with E-state index in [1.165, 1.54) is 20.1 Å². The zero-order valence-corrected chi connectivity index (χ0v) is 13.4. The minimum atomic E-state index is -3.07. The maximum atomic E-state index is 12.2. The van der Waals surface area contributed by atoms with Crippen molar-refractivity contribution >= 4 is 21.7 Å². The Hall–Kier alpha value is -1.83. The van der Waals surface area contributed by atoms with Gasteiger partial charge in [-0.2, -0.15) is 0 Å². The van der Waals surface area contributed by atoms with Gasteiger partial charge in [-0.15, -0.1) is 0 Å². The highest BCUT2D eigenvalue weighted by Gasteiger charge is 2.39. The molecule has 1 atom stereocenters. The third-order valence-corrected chi connectivity index (χ3v) is 5.47. The molecule has 2 N–H and O–H groups in total. The molecule has 1 aliphatic rings. The van der Waals surface area contributed by atoms with Gasteiger partial charge in [-0.3, -0.25) is 9.59 Å². The van der Waals surface area contributed by atoms with E-state index in [4.69, 9.17) is 4.42 Å². The summed E-state index contributed by atoms with van der Waals surface area (Å²) in [7, 11) is -3.07. The second kappa shape index (κ2) is 6.12. The molecule has 0 spiro atoms. The van der Waals surface area contributed by atoms with Gasteiger partial charge in [0.05, 0.1) is 24.3 Å². The first-order chi connectivity index (χ1) is 10.2. The topological polar surface area (TPSA) is 105 Å². The molecule has 0 saturated carbocycles. The number of amides is 2. The Balaban J connectivity index is 1.90. The van der Waals surface area contributed by atoms with Crippen LogP contribution in [0.4, 0.5) is 0 Å². The van der Waals surface area contributed by atoms with Crippen LogP contribution in [0.25, 0.3) is 0 Å². The van der Waals surface area contributed by atoms with E-state index in [1.807, 2.05) is 0 Å². The summed E-state index contributed by atoms with van der Waals surface area (Å²) in [4.78, 5) is 24.4. The molecule has 1 saturated heterocycles. The van der Waals surface area contributed by atoms with Crippen LogP contribution in [0.2, 0.25) is 0 Å². The minimum absolute atomic E-state index is 0.0666. The lowest BCUT2D eigenvalue weighted by Crippen LogP contribution is -2.50. The van der Waals surface area contributed by atoms with Crippen LogP contribution in [0.3, 0.4) is 0 Å². The fourth-order valence-corrected chi connectivity index (χ4v) is 3.85. The first kappa shape index (κ1) is 16.5. The Morgan fingerprint density at radius 3 is 2.64 bits per heavy atom. The smallest absolute Gasteiger partial charge is 0.235 e. The number of carbonyl (C=O) groups is 2. The van der Waals surface area contributed by atoms with Crippen molar-refractivity contribution in [1.29, 1.82) is 0 Å². The lowest BCUT2D eigenvalue weighted by Gasteiger charge is -2.24. The number of hydrogen-bond acceptors (Lipinski definition) is 5. The van der Waals surface area contributed by atoms with Gasteiger partial charge in [0.1, 0.15) is 11.2 Å². The van der Waals surface area contributed by atoms with Crippen molar-refractivity contribution in [2.75, 3.05) is 11.5 Å². The third-order valence-electron chi connectivity index (χ3n) is 3.71. The van der Waals surface area contributed by atoms with Crippen molar-refractivity contribution < 1.29 is 22.4 Å². The van der Waals surface area contributed by atoms with Crippen molar-refractivity contribution in [2.45, 2.75) is 32.9 Å². The molecule has 0 radical (unpaired) electrons. The molecular formula is C14H20N2O5S. The second-order valence-electron chi connectivity index (χ2n) is 5.96. The molecule has 1 aromatic heterocycles. The summed E-state index contributed by atoms with van der Waals surface area (Å²) in [5.41, 5.74) is -1.29. The normalized spacial score (nSPS) is 20.5. The van der Waals surface area contributed by atoms with Crippen molar-refractivity contribution in [1.82, 2.24) is 10.6 Å². The van der Waals surface area contributed by atoms with Crippen LogP contribution < -0.4 is 10.6 Å². The fourth-order valence-electron chi connectivity index (χ4n) is 2.18. The van der Waals surface area contributed by atoms with Crippen molar-refractivity contribution in [2.24, 2.45) is 5.41 Å². The first-order valence-corrected chi connectivity index (χ1v) is 8.85. The van der Waals surface area contributed by atoms with Crippen LogP contribution in [0, 0.1) is 5.41 Å². The Labute approximate surface area is 129 Å². The molecule has 0 aromatic carbocycles. The van der Waals surface area contributed by atoms with Gasteiger partial charge in [0.15, 0.2) is 9.84 Å². The maximum Gasteiger partial charge on any atom is 0.235 e. The molecule has 1 unspecified atom stereocenters. The van der Waals surface area contributed by atoms with E-state index >= 15 is 0 Å². The molecule has 1 fully saturated rings. The van der Waals surface area contributed by atoms with Crippen molar-refractivity contribution in [3.63, 3.8) is 0 Å². The van der Waals surface area contributed by atoms with Crippen molar-refractivity contribution in [3.8, 4) is 0 Å². The molecule has 0 aliphatic carbocycles. The van der Waals surface area contributed by atoms with Gasteiger partial charge in [-0.05, 0) is 32.4 Å². The number of hydrogen-bond donors (Lipinski definition) is 2. The predicted octanol–water partition coefficient (Wildman–Crippen LogP) is 0.225. The van der Waals surface area contributed by atoms with Gasteiger partial charge >= 0.3 is 0 Å². The van der Waals surface area contributed by atoms with E-state index in [2.05, 4.69) is 10.6 Å². The zero-order chi connectivity index (χ0) is 16.4. The number of nitrogens with one attached hydrogen (secondary N) is 2. The maximum absolute atomic E-state index is 12.2. The van der Waals surface area contributed by atoms with E-state index in [0.717, 1.165) is 0 Å². The van der Waals surface area contributed by atoms with Gasteiger partial charge in [0.25, 0.3) is 0 Å². The Bertz CT molecular complexity index is 649. The Kier molecular flexibility index (Phi) is 4.60. The lowest BCUT2D eigenvalue weighted by atomic mass is 9.90. The second-order valence-corrected chi connectivity index (χ2v) is 8.19. The van der Waals surface area contributed by atoms with Crippen LogP contribution in [0.15, 0.2) is 22.8 Å². The predicted molar refractivity (Wildman–Crippen MR) is 79.5 cm³/mol. The van der Waals surface area contributed by atoms with Gasteiger partial charge in [-0.1, -0.05) is 0 Å². The van der Waals surface area contributed by atoms with Crippen molar-refractivity contribution in [3.05, 3.63) is 24.2 Å². The quantitative estimate of drug-likeness (QED) is 0.753.